The normalized spacial score (nSPS) is 12.1. The maximum Gasteiger partial charge on any atom is 0.138 e. The van der Waals surface area contributed by atoms with Gasteiger partial charge in [0.05, 0.1) is 5.97 Å². The number of rotatable bonds is 4. The number of carbonyl (C=O) groups is 1. The number of carbonyl (C=O) groups excluding carboxylic acids is 1. The molecule has 0 bridgehead atoms. The molecule has 14 heavy (non-hydrogen) atoms. The Hall–Kier alpha value is -1.58. The fraction of sp³-hybridized carbons (Fsp3) is 0.300. The highest BCUT2D eigenvalue weighted by atomic mass is 19.1. The molecule has 0 N–H and O–H groups in total. The van der Waals surface area contributed by atoms with Crippen LogP contribution < -0.4 is 9.84 Å². The maximum atomic E-state index is 12.5. The molecule has 0 radical (unpaired) electrons. The molecule has 76 valence electrons. The van der Waals surface area contributed by atoms with E-state index in [0.29, 0.717) is 12.2 Å². The van der Waals surface area contributed by atoms with E-state index in [1.54, 1.807) is 6.92 Å². The zero-order valence-corrected chi connectivity index (χ0v) is 7.70. The Labute approximate surface area is 81.1 Å². The molecule has 0 saturated carbocycles. The van der Waals surface area contributed by atoms with Crippen LogP contribution >= 0.6 is 0 Å². The van der Waals surface area contributed by atoms with E-state index in [-0.39, 0.29) is 5.82 Å². The minimum absolute atomic E-state index is 0.305. The van der Waals surface area contributed by atoms with Gasteiger partial charge in [0, 0.05) is 0 Å². The molecule has 0 aliphatic carbocycles. The number of hydrogen-bond donors (Lipinski definition) is 0. The fourth-order valence-corrected chi connectivity index (χ4v) is 0.976. The first-order chi connectivity index (χ1) is 6.63. The summed E-state index contributed by atoms with van der Waals surface area (Å²) in [4.78, 5) is 10.5. The van der Waals surface area contributed by atoms with E-state index in [1.165, 1.54) is 24.3 Å². The summed E-state index contributed by atoms with van der Waals surface area (Å²) in [5.41, 5.74) is 0. The summed E-state index contributed by atoms with van der Waals surface area (Å²) in [5, 5.41) is 10.5. The van der Waals surface area contributed by atoms with Crippen LogP contribution in [0.5, 0.6) is 5.75 Å². The molecule has 0 unspecified atom stereocenters. The van der Waals surface area contributed by atoms with E-state index in [1.807, 2.05) is 0 Å². The zero-order valence-electron chi connectivity index (χ0n) is 7.70. The van der Waals surface area contributed by atoms with Crippen LogP contribution in [0, 0.1) is 5.82 Å². The molecular formula is C10H10FO3-. The standard InChI is InChI=1S/C10H11FO3/c1-2-9(10(12)13)14-8-5-3-7(11)4-6-8/h3-6,9H,2H2,1H3,(H,12,13)/p-1/t9-/m1/s1. The molecule has 0 saturated heterocycles. The number of benzene rings is 1. The summed E-state index contributed by atoms with van der Waals surface area (Å²) < 4.78 is 17.5. The zero-order chi connectivity index (χ0) is 10.6. The predicted molar refractivity (Wildman–Crippen MR) is 46.1 cm³/mol. The fourth-order valence-electron chi connectivity index (χ4n) is 0.976. The molecule has 0 aliphatic rings. The number of aliphatic carboxylic acids is 1. The quantitative estimate of drug-likeness (QED) is 0.715. The van der Waals surface area contributed by atoms with Crippen molar-refractivity contribution in [1.82, 2.24) is 0 Å². The van der Waals surface area contributed by atoms with Crippen LogP contribution in [0.2, 0.25) is 0 Å². The lowest BCUT2D eigenvalue weighted by atomic mass is 10.2. The molecule has 1 atom stereocenters. The first-order valence-corrected chi connectivity index (χ1v) is 4.26. The van der Waals surface area contributed by atoms with Crippen LogP contribution in [0.4, 0.5) is 4.39 Å². The van der Waals surface area contributed by atoms with E-state index in [2.05, 4.69) is 0 Å². The second kappa shape index (κ2) is 4.60. The van der Waals surface area contributed by atoms with Crippen molar-refractivity contribution in [1.29, 1.82) is 0 Å². The lowest BCUT2D eigenvalue weighted by molar-refractivity contribution is -0.313. The van der Waals surface area contributed by atoms with Crippen LogP contribution in [-0.2, 0) is 4.79 Å². The number of halogens is 1. The molecular weight excluding hydrogens is 187 g/mol. The van der Waals surface area contributed by atoms with Crippen molar-refractivity contribution < 1.29 is 19.0 Å². The van der Waals surface area contributed by atoms with Crippen LogP contribution in [0.1, 0.15) is 13.3 Å². The highest BCUT2D eigenvalue weighted by Crippen LogP contribution is 2.13. The van der Waals surface area contributed by atoms with Gasteiger partial charge in [0.2, 0.25) is 0 Å². The Balaban J connectivity index is 2.67. The Morgan fingerprint density at radius 1 is 1.50 bits per heavy atom. The van der Waals surface area contributed by atoms with Gasteiger partial charge < -0.3 is 14.6 Å². The molecule has 0 aliphatic heterocycles. The van der Waals surface area contributed by atoms with Gasteiger partial charge in [0.15, 0.2) is 0 Å². The van der Waals surface area contributed by atoms with E-state index in [4.69, 9.17) is 4.74 Å². The van der Waals surface area contributed by atoms with Gasteiger partial charge in [-0.25, -0.2) is 4.39 Å². The molecule has 0 aromatic heterocycles. The first-order valence-electron chi connectivity index (χ1n) is 4.26. The van der Waals surface area contributed by atoms with Gasteiger partial charge in [-0.1, -0.05) is 6.92 Å². The summed E-state index contributed by atoms with van der Waals surface area (Å²) in [6.07, 6.45) is -0.680. The Kier molecular flexibility index (Phi) is 3.45. The predicted octanol–water partition coefficient (Wildman–Crippen LogP) is 0.733. The van der Waals surface area contributed by atoms with Gasteiger partial charge >= 0.3 is 0 Å². The molecule has 1 aromatic carbocycles. The third-order valence-corrected chi connectivity index (χ3v) is 1.73. The molecule has 1 aromatic rings. The number of hydrogen-bond acceptors (Lipinski definition) is 3. The summed E-state index contributed by atoms with van der Waals surface area (Å²) in [7, 11) is 0. The average Bonchev–Trinajstić information content (AvgIpc) is 2.16. The number of ether oxygens (including phenoxy) is 1. The van der Waals surface area contributed by atoms with Gasteiger partial charge in [0.25, 0.3) is 0 Å². The van der Waals surface area contributed by atoms with Crippen LogP contribution in [0.25, 0.3) is 0 Å². The van der Waals surface area contributed by atoms with Crippen LogP contribution in [0.15, 0.2) is 24.3 Å². The second-order valence-electron chi connectivity index (χ2n) is 2.79. The number of carboxylic acid groups (broad SMARTS) is 1. The smallest absolute Gasteiger partial charge is 0.138 e. The van der Waals surface area contributed by atoms with E-state index >= 15 is 0 Å². The van der Waals surface area contributed by atoms with Crippen molar-refractivity contribution in [2.45, 2.75) is 19.4 Å². The van der Waals surface area contributed by atoms with Crippen molar-refractivity contribution in [3.8, 4) is 5.75 Å². The molecule has 1 rings (SSSR count). The monoisotopic (exact) mass is 197 g/mol. The summed E-state index contributed by atoms with van der Waals surface area (Å²) in [6, 6.07) is 5.16. The minimum Gasteiger partial charge on any atom is -0.546 e. The van der Waals surface area contributed by atoms with Gasteiger partial charge in [-0.15, -0.1) is 0 Å². The molecule has 0 amide bonds. The Morgan fingerprint density at radius 3 is 2.50 bits per heavy atom. The lowest BCUT2D eigenvalue weighted by Crippen LogP contribution is -2.39. The third-order valence-electron chi connectivity index (χ3n) is 1.73. The van der Waals surface area contributed by atoms with E-state index in [9.17, 15) is 14.3 Å². The summed E-state index contributed by atoms with van der Waals surface area (Å²) in [5.74, 6) is -1.34. The topological polar surface area (TPSA) is 49.4 Å². The molecule has 3 nitrogen and oxygen atoms in total. The van der Waals surface area contributed by atoms with Crippen molar-refractivity contribution in [2.75, 3.05) is 0 Å². The van der Waals surface area contributed by atoms with Crippen molar-refractivity contribution in [3.05, 3.63) is 30.1 Å². The van der Waals surface area contributed by atoms with Crippen LogP contribution in [0.3, 0.4) is 0 Å². The largest absolute Gasteiger partial charge is 0.546 e. The molecule has 4 heteroatoms. The van der Waals surface area contributed by atoms with Crippen molar-refractivity contribution >= 4 is 5.97 Å². The SMILES string of the molecule is CC[C@@H](Oc1ccc(F)cc1)C(=O)[O-]. The highest BCUT2D eigenvalue weighted by Gasteiger charge is 2.08. The Bertz CT molecular complexity index is 308. The summed E-state index contributed by atoms with van der Waals surface area (Å²) >= 11 is 0. The Morgan fingerprint density at radius 2 is 2.07 bits per heavy atom. The minimum atomic E-state index is -1.27. The van der Waals surface area contributed by atoms with Gasteiger partial charge in [-0.05, 0) is 30.7 Å². The highest BCUT2D eigenvalue weighted by molar-refractivity contribution is 5.70. The van der Waals surface area contributed by atoms with Gasteiger partial charge in [-0.2, -0.15) is 0 Å². The summed E-state index contributed by atoms with van der Waals surface area (Å²) in [6.45, 7) is 1.67. The second-order valence-corrected chi connectivity index (χ2v) is 2.79. The van der Waals surface area contributed by atoms with E-state index < -0.39 is 12.1 Å². The van der Waals surface area contributed by atoms with Crippen LogP contribution in [-0.4, -0.2) is 12.1 Å². The van der Waals surface area contributed by atoms with Crippen molar-refractivity contribution in [2.24, 2.45) is 0 Å². The molecule has 0 heterocycles. The van der Waals surface area contributed by atoms with Gasteiger partial charge in [-0.3, -0.25) is 0 Å². The lowest BCUT2D eigenvalue weighted by Gasteiger charge is -2.17. The average molecular weight is 197 g/mol. The first kappa shape index (κ1) is 10.5. The number of carboxylic acids is 1. The third kappa shape index (κ3) is 2.73. The van der Waals surface area contributed by atoms with Crippen molar-refractivity contribution in [3.63, 3.8) is 0 Å². The van der Waals surface area contributed by atoms with E-state index in [0.717, 1.165) is 0 Å². The molecule has 0 spiro atoms. The maximum absolute atomic E-state index is 12.5. The van der Waals surface area contributed by atoms with Gasteiger partial charge in [0.1, 0.15) is 17.7 Å². The molecule has 0 fully saturated rings.